The van der Waals surface area contributed by atoms with Gasteiger partial charge in [0.15, 0.2) is 0 Å². The van der Waals surface area contributed by atoms with Crippen LogP contribution < -0.4 is 19.9 Å². The number of amides is 1. The lowest BCUT2D eigenvalue weighted by Crippen LogP contribution is -2.61. The second-order valence-electron chi connectivity index (χ2n) is 8.94. The van der Waals surface area contributed by atoms with E-state index in [-0.39, 0.29) is 17.9 Å². The highest BCUT2D eigenvalue weighted by atomic mass is 16.5. The van der Waals surface area contributed by atoms with Crippen LogP contribution in [0.2, 0.25) is 0 Å². The van der Waals surface area contributed by atoms with Crippen LogP contribution in [0.15, 0.2) is 42.5 Å². The molecule has 2 heterocycles. The van der Waals surface area contributed by atoms with Crippen LogP contribution in [0, 0.1) is 12.8 Å². The lowest BCUT2D eigenvalue weighted by molar-refractivity contribution is -0.125. The van der Waals surface area contributed by atoms with Gasteiger partial charge in [0.05, 0.1) is 19.1 Å². The quantitative estimate of drug-likeness (QED) is 0.775. The standard InChI is InChI=1S/C25H34N4O2/c1-18-5-8-20(9-6-18)28-13-14-29-23-16-21(31-4)10-7-19(23)15-22(24(29)17-28)25(30)26-11-12-27(2)3/h5-10,16,22,24H,11-15,17H2,1-4H3,(H,26,30). The van der Waals surface area contributed by atoms with Crippen LogP contribution in [-0.4, -0.2) is 70.8 Å². The molecule has 2 aliphatic heterocycles. The first-order valence-corrected chi connectivity index (χ1v) is 11.1. The fourth-order valence-corrected chi connectivity index (χ4v) is 4.73. The first-order chi connectivity index (χ1) is 15.0. The first kappa shape index (κ1) is 21.5. The Hall–Kier alpha value is -2.73. The van der Waals surface area contributed by atoms with Crippen LogP contribution in [0.25, 0.3) is 0 Å². The largest absolute Gasteiger partial charge is 0.497 e. The molecule has 6 nitrogen and oxygen atoms in total. The average Bonchev–Trinajstić information content (AvgIpc) is 2.78. The van der Waals surface area contributed by atoms with Gasteiger partial charge in [-0.2, -0.15) is 0 Å². The lowest BCUT2D eigenvalue weighted by atomic mass is 9.83. The molecule has 1 saturated heterocycles. The predicted molar refractivity (Wildman–Crippen MR) is 126 cm³/mol. The van der Waals surface area contributed by atoms with Crippen molar-refractivity contribution in [1.82, 2.24) is 10.2 Å². The molecule has 2 atom stereocenters. The molecule has 0 aromatic heterocycles. The number of rotatable bonds is 6. The highest BCUT2D eigenvalue weighted by Gasteiger charge is 2.41. The molecule has 0 bridgehead atoms. The molecule has 166 valence electrons. The third kappa shape index (κ3) is 4.64. The van der Waals surface area contributed by atoms with E-state index in [1.54, 1.807) is 7.11 Å². The summed E-state index contributed by atoms with van der Waals surface area (Å²) >= 11 is 0. The minimum absolute atomic E-state index is 0.0729. The second kappa shape index (κ2) is 9.18. The van der Waals surface area contributed by atoms with Gasteiger partial charge in [0.1, 0.15) is 5.75 Å². The number of benzene rings is 2. The van der Waals surface area contributed by atoms with Crippen LogP contribution in [-0.2, 0) is 11.2 Å². The summed E-state index contributed by atoms with van der Waals surface area (Å²) in [4.78, 5) is 20.2. The van der Waals surface area contributed by atoms with Crippen molar-refractivity contribution in [2.45, 2.75) is 19.4 Å². The summed E-state index contributed by atoms with van der Waals surface area (Å²) in [5.41, 5.74) is 4.94. The molecule has 2 aliphatic rings. The van der Waals surface area contributed by atoms with Gasteiger partial charge in [0.2, 0.25) is 5.91 Å². The van der Waals surface area contributed by atoms with Gasteiger partial charge in [-0.1, -0.05) is 23.8 Å². The molecule has 4 rings (SSSR count). The number of likely N-dealkylation sites (N-methyl/N-ethyl adjacent to an activating group) is 1. The molecule has 1 N–H and O–H groups in total. The van der Waals surface area contributed by atoms with Crippen molar-refractivity contribution >= 4 is 17.3 Å². The van der Waals surface area contributed by atoms with Crippen molar-refractivity contribution in [3.63, 3.8) is 0 Å². The Balaban J connectivity index is 1.60. The van der Waals surface area contributed by atoms with E-state index < -0.39 is 0 Å². The average molecular weight is 423 g/mol. The number of nitrogens with one attached hydrogen (secondary N) is 1. The number of hydrogen-bond donors (Lipinski definition) is 1. The smallest absolute Gasteiger partial charge is 0.225 e. The van der Waals surface area contributed by atoms with Crippen molar-refractivity contribution in [3.8, 4) is 5.75 Å². The SMILES string of the molecule is COc1ccc2c(c1)N1CCN(c3ccc(C)cc3)CC1C(C(=O)NCCN(C)C)C2. The van der Waals surface area contributed by atoms with Gasteiger partial charge in [-0.05, 0) is 51.2 Å². The maximum absolute atomic E-state index is 13.3. The Labute approximate surface area is 185 Å². The van der Waals surface area contributed by atoms with E-state index in [0.717, 1.165) is 38.3 Å². The van der Waals surface area contributed by atoms with Crippen molar-refractivity contribution in [1.29, 1.82) is 0 Å². The number of fused-ring (bicyclic) bond motifs is 3. The van der Waals surface area contributed by atoms with Crippen LogP contribution in [0.4, 0.5) is 11.4 Å². The molecular weight excluding hydrogens is 388 g/mol. The van der Waals surface area contributed by atoms with Crippen LogP contribution in [0.3, 0.4) is 0 Å². The van der Waals surface area contributed by atoms with Crippen molar-refractivity contribution in [3.05, 3.63) is 53.6 Å². The monoisotopic (exact) mass is 422 g/mol. The summed E-state index contributed by atoms with van der Waals surface area (Å²) in [5, 5.41) is 3.18. The molecule has 6 heteroatoms. The zero-order valence-corrected chi connectivity index (χ0v) is 19.1. The fraction of sp³-hybridized carbons (Fsp3) is 0.480. The normalized spacial score (nSPS) is 20.3. The van der Waals surface area contributed by atoms with Crippen molar-refractivity contribution in [2.24, 2.45) is 5.92 Å². The van der Waals surface area contributed by atoms with E-state index in [2.05, 4.69) is 63.3 Å². The van der Waals surface area contributed by atoms with Crippen molar-refractivity contribution in [2.75, 3.05) is 63.7 Å². The van der Waals surface area contributed by atoms with E-state index in [0.29, 0.717) is 6.54 Å². The Morgan fingerprint density at radius 3 is 2.65 bits per heavy atom. The number of anilines is 2. The van der Waals surface area contributed by atoms with Gasteiger partial charge in [-0.15, -0.1) is 0 Å². The number of aryl methyl sites for hydroxylation is 1. The summed E-state index contributed by atoms with van der Waals surface area (Å²) in [7, 11) is 5.76. The topological polar surface area (TPSA) is 48.1 Å². The molecule has 1 fully saturated rings. The van der Waals surface area contributed by atoms with Crippen LogP contribution >= 0.6 is 0 Å². The van der Waals surface area contributed by atoms with Gasteiger partial charge in [0, 0.05) is 50.2 Å². The summed E-state index contributed by atoms with van der Waals surface area (Å²) < 4.78 is 5.49. The van der Waals surface area contributed by atoms with E-state index in [1.807, 2.05) is 20.2 Å². The number of piperazine rings is 1. The minimum Gasteiger partial charge on any atom is -0.497 e. The zero-order valence-electron chi connectivity index (χ0n) is 19.1. The summed E-state index contributed by atoms with van der Waals surface area (Å²) in [6.45, 7) is 6.29. The lowest BCUT2D eigenvalue weighted by Gasteiger charge is -2.49. The van der Waals surface area contributed by atoms with Crippen LogP contribution in [0.1, 0.15) is 11.1 Å². The Kier molecular flexibility index (Phi) is 6.37. The fourth-order valence-electron chi connectivity index (χ4n) is 4.73. The molecule has 31 heavy (non-hydrogen) atoms. The maximum Gasteiger partial charge on any atom is 0.225 e. The minimum atomic E-state index is -0.0729. The number of methoxy groups -OCH3 is 1. The van der Waals surface area contributed by atoms with Gasteiger partial charge < -0.3 is 24.8 Å². The van der Waals surface area contributed by atoms with Gasteiger partial charge in [-0.3, -0.25) is 4.79 Å². The van der Waals surface area contributed by atoms with Crippen LogP contribution in [0.5, 0.6) is 5.75 Å². The van der Waals surface area contributed by atoms with Gasteiger partial charge in [-0.25, -0.2) is 0 Å². The molecule has 2 unspecified atom stereocenters. The molecule has 0 radical (unpaired) electrons. The highest BCUT2D eigenvalue weighted by Crippen LogP contribution is 2.38. The molecule has 0 aliphatic carbocycles. The summed E-state index contributed by atoms with van der Waals surface area (Å²) in [6.07, 6.45) is 0.760. The predicted octanol–water partition coefficient (Wildman–Crippen LogP) is 2.55. The molecule has 2 aromatic carbocycles. The maximum atomic E-state index is 13.3. The number of hydrogen-bond acceptors (Lipinski definition) is 5. The summed E-state index contributed by atoms with van der Waals surface area (Å²) in [5.74, 6) is 0.952. The number of carbonyl (C=O) groups is 1. The second-order valence-corrected chi connectivity index (χ2v) is 8.94. The first-order valence-electron chi connectivity index (χ1n) is 11.1. The molecule has 2 aromatic rings. The molecule has 1 amide bonds. The Morgan fingerprint density at radius 1 is 1.16 bits per heavy atom. The molecule has 0 saturated carbocycles. The highest BCUT2D eigenvalue weighted by molar-refractivity contribution is 5.82. The zero-order chi connectivity index (χ0) is 22.0. The number of nitrogens with zero attached hydrogens (tertiary/aromatic N) is 3. The van der Waals surface area contributed by atoms with E-state index >= 15 is 0 Å². The van der Waals surface area contributed by atoms with Gasteiger partial charge in [0.25, 0.3) is 0 Å². The third-order valence-corrected chi connectivity index (χ3v) is 6.52. The number of ether oxygens (including phenoxy) is 1. The molecule has 0 spiro atoms. The van der Waals surface area contributed by atoms with E-state index in [1.165, 1.54) is 22.5 Å². The molecular formula is C25H34N4O2. The summed E-state index contributed by atoms with van der Waals surface area (Å²) in [6, 6.07) is 15.1. The number of carbonyl (C=O) groups excluding carboxylic acids is 1. The van der Waals surface area contributed by atoms with Crippen molar-refractivity contribution < 1.29 is 9.53 Å². The van der Waals surface area contributed by atoms with E-state index in [4.69, 9.17) is 4.74 Å². The Morgan fingerprint density at radius 2 is 1.94 bits per heavy atom. The Bertz CT molecular complexity index is 912. The van der Waals surface area contributed by atoms with Gasteiger partial charge >= 0.3 is 0 Å². The third-order valence-electron chi connectivity index (χ3n) is 6.52. The van der Waals surface area contributed by atoms with E-state index in [9.17, 15) is 4.79 Å².